The van der Waals surface area contributed by atoms with E-state index in [2.05, 4.69) is 0 Å². The molecule has 1 amide bonds. The maximum atomic E-state index is 11.2. The molecular formula is C5H8Cl4NO+. The second kappa shape index (κ2) is 3.67. The molecule has 0 aromatic carbocycles. The van der Waals surface area contributed by atoms with Crippen molar-refractivity contribution in [2.45, 2.75) is 3.79 Å². The standard InChI is InChI=1S/C5H8Cl4NO/c1-10(2,3-6)4(11)5(7,8)9/h3H2,1-2H3/q+1. The first kappa shape index (κ1) is 11.8. The lowest BCUT2D eigenvalue weighted by atomic mass is 10.5. The van der Waals surface area contributed by atoms with Crippen LogP contribution in [-0.4, -0.2) is 34.3 Å². The quantitative estimate of drug-likeness (QED) is 0.390. The molecule has 0 unspecified atom stereocenters. The van der Waals surface area contributed by atoms with E-state index in [-0.39, 0.29) is 10.5 Å². The number of nitrogens with zero attached hydrogens (tertiary/aromatic N) is 1. The minimum Gasteiger partial charge on any atom is -0.249 e. The summed E-state index contributed by atoms with van der Waals surface area (Å²) in [5.41, 5.74) is 0. The SMILES string of the molecule is C[N+](C)(CCl)C(=O)C(Cl)(Cl)Cl. The molecule has 0 heterocycles. The number of quaternary nitrogens is 1. The Balaban J connectivity index is 4.50. The molecule has 6 heteroatoms. The van der Waals surface area contributed by atoms with Crippen molar-refractivity contribution in [1.82, 2.24) is 0 Å². The maximum Gasteiger partial charge on any atom is 0.366 e. The molecule has 0 rings (SSSR count). The Kier molecular flexibility index (Phi) is 3.93. The molecule has 0 saturated carbocycles. The predicted octanol–water partition coefficient (Wildman–Crippen LogP) is 2.16. The molecule has 0 atom stereocenters. The zero-order valence-corrected chi connectivity index (χ0v) is 9.10. The van der Waals surface area contributed by atoms with Crippen molar-refractivity contribution in [3.63, 3.8) is 0 Å². The van der Waals surface area contributed by atoms with E-state index in [0.717, 1.165) is 0 Å². The van der Waals surface area contributed by atoms with Crippen molar-refractivity contribution in [2.75, 3.05) is 20.1 Å². The number of amides is 1. The lowest BCUT2D eigenvalue weighted by molar-refractivity contribution is -0.801. The fourth-order valence-corrected chi connectivity index (χ4v) is 1.19. The number of halogens is 4. The van der Waals surface area contributed by atoms with E-state index in [1.807, 2.05) is 0 Å². The van der Waals surface area contributed by atoms with E-state index in [1.165, 1.54) is 0 Å². The van der Waals surface area contributed by atoms with Crippen LogP contribution in [0.4, 0.5) is 0 Å². The molecule has 0 aliphatic rings. The molecule has 0 radical (unpaired) electrons. The smallest absolute Gasteiger partial charge is 0.249 e. The molecule has 0 fully saturated rings. The topological polar surface area (TPSA) is 17.1 Å². The van der Waals surface area contributed by atoms with Crippen LogP contribution in [0.5, 0.6) is 0 Å². The first-order valence-electron chi connectivity index (χ1n) is 2.72. The van der Waals surface area contributed by atoms with E-state index in [4.69, 9.17) is 46.4 Å². The third-order valence-corrected chi connectivity index (χ3v) is 2.17. The van der Waals surface area contributed by atoms with Crippen LogP contribution in [0.15, 0.2) is 0 Å². The van der Waals surface area contributed by atoms with Crippen LogP contribution >= 0.6 is 46.4 Å². The molecule has 66 valence electrons. The Bertz CT molecular complexity index is 162. The van der Waals surface area contributed by atoms with E-state index in [1.54, 1.807) is 14.1 Å². The summed E-state index contributed by atoms with van der Waals surface area (Å²) in [4.78, 5) is 11.2. The molecule has 0 aromatic heterocycles. The number of hydrogen-bond acceptors (Lipinski definition) is 1. The number of carbonyl (C=O) groups is 1. The molecule has 0 spiro atoms. The zero-order valence-electron chi connectivity index (χ0n) is 6.07. The highest BCUT2D eigenvalue weighted by Crippen LogP contribution is 2.30. The second-order valence-corrected chi connectivity index (χ2v) is 5.13. The Morgan fingerprint density at radius 2 is 1.73 bits per heavy atom. The fraction of sp³-hybridized carbons (Fsp3) is 0.800. The minimum absolute atomic E-state index is 0.0761. The number of alkyl halides is 4. The Morgan fingerprint density at radius 3 is 1.82 bits per heavy atom. The summed E-state index contributed by atoms with van der Waals surface area (Å²) in [6.07, 6.45) is 0. The highest BCUT2D eigenvalue weighted by Gasteiger charge is 2.43. The first-order valence-corrected chi connectivity index (χ1v) is 4.39. The fourth-order valence-electron chi connectivity index (χ4n) is 0.397. The summed E-state index contributed by atoms with van der Waals surface area (Å²) in [5.74, 6) is -0.544. The molecule has 0 saturated heterocycles. The Labute approximate surface area is 85.5 Å². The van der Waals surface area contributed by atoms with Gasteiger partial charge in [-0.25, -0.2) is 9.28 Å². The third-order valence-electron chi connectivity index (χ3n) is 1.09. The summed E-state index contributed by atoms with van der Waals surface area (Å²) >= 11 is 21.5. The van der Waals surface area contributed by atoms with Gasteiger partial charge in [0.05, 0.1) is 14.1 Å². The van der Waals surface area contributed by atoms with Gasteiger partial charge in [-0.2, -0.15) is 0 Å². The van der Waals surface area contributed by atoms with Crippen molar-refractivity contribution in [3.8, 4) is 0 Å². The van der Waals surface area contributed by atoms with Crippen molar-refractivity contribution >= 4 is 52.3 Å². The Morgan fingerprint density at radius 1 is 1.36 bits per heavy atom. The van der Waals surface area contributed by atoms with Gasteiger partial charge in [-0.05, 0) is 0 Å². The summed E-state index contributed by atoms with van der Waals surface area (Å²) < 4.78 is -2.05. The average Bonchev–Trinajstić information content (AvgIpc) is 1.84. The highest BCUT2D eigenvalue weighted by atomic mass is 35.6. The van der Waals surface area contributed by atoms with Gasteiger partial charge in [0.15, 0.2) is 6.00 Å². The highest BCUT2D eigenvalue weighted by molar-refractivity contribution is 6.75. The average molecular weight is 240 g/mol. The van der Waals surface area contributed by atoms with Gasteiger partial charge in [0.1, 0.15) is 0 Å². The lowest BCUT2D eigenvalue weighted by Gasteiger charge is -2.26. The van der Waals surface area contributed by atoms with Gasteiger partial charge < -0.3 is 0 Å². The van der Waals surface area contributed by atoms with Gasteiger partial charge in [-0.3, -0.25) is 0 Å². The lowest BCUT2D eigenvalue weighted by Crippen LogP contribution is -2.50. The molecular weight excluding hydrogens is 232 g/mol. The van der Waals surface area contributed by atoms with Crippen LogP contribution in [-0.2, 0) is 4.79 Å². The minimum atomic E-state index is -1.89. The van der Waals surface area contributed by atoms with E-state index < -0.39 is 9.70 Å². The van der Waals surface area contributed by atoms with E-state index in [0.29, 0.717) is 0 Å². The van der Waals surface area contributed by atoms with Gasteiger partial charge >= 0.3 is 9.70 Å². The summed E-state index contributed by atoms with van der Waals surface area (Å²) in [6.45, 7) is 0. The van der Waals surface area contributed by atoms with Crippen molar-refractivity contribution < 1.29 is 9.28 Å². The van der Waals surface area contributed by atoms with Gasteiger partial charge in [-0.15, -0.1) is 0 Å². The monoisotopic (exact) mass is 238 g/mol. The van der Waals surface area contributed by atoms with E-state index in [9.17, 15) is 4.79 Å². The molecule has 0 bridgehead atoms. The van der Waals surface area contributed by atoms with Crippen molar-refractivity contribution in [3.05, 3.63) is 0 Å². The molecule has 0 N–H and O–H groups in total. The van der Waals surface area contributed by atoms with Crippen molar-refractivity contribution in [1.29, 1.82) is 0 Å². The van der Waals surface area contributed by atoms with Gasteiger partial charge in [0.25, 0.3) is 0 Å². The van der Waals surface area contributed by atoms with Crippen LogP contribution in [0.2, 0.25) is 0 Å². The molecule has 11 heavy (non-hydrogen) atoms. The summed E-state index contributed by atoms with van der Waals surface area (Å²) in [7, 11) is 3.13. The predicted molar refractivity (Wildman–Crippen MR) is 48.1 cm³/mol. The van der Waals surface area contributed by atoms with Crippen LogP contribution in [0.25, 0.3) is 0 Å². The number of carbonyl (C=O) groups excluding carboxylic acids is 1. The Hall–Kier alpha value is 0.790. The second-order valence-electron chi connectivity index (χ2n) is 2.61. The first-order chi connectivity index (χ1) is 4.72. The third kappa shape index (κ3) is 3.34. The summed E-state index contributed by atoms with van der Waals surface area (Å²) in [6, 6.07) is 0.0761. The van der Waals surface area contributed by atoms with Crippen LogP contribution in [0.1, 0.15) is 0 Å². The summed E-state index contributed by atoms with van der Waals surface area (Å²) in [5, 5.41) is 0. The maximum absolute atomic E-state index is 11.2. The zero-order chi connectivity index (χ0) is 9.28. The van der Waals surface area contributed by atoms with E-state index >= 15 is 0 Å². The molecule has 2 nitrogen and oxygen atoms in total. The van der Waals surface area contributed by atoms with Crippen molar-refractivity contribution in [2.24, 2.45) is 0 Å². The van der Waals surface area contributed by atoms with Crippen LogP contribution in [0.3, 0.4) is 0 Å². The molecule has 0 aliphatic carbocycles. The largest absolute Gasteiger partial charge is 0.366 e. The number of hydrogen-bond donors (Lipinski definition) is 0. The number of rotatable bonds is 1. The normalized spacial score (nSPS) is 13.3. The van der Waals surface area contributed by atoms with Gasteiger partial charge in [-0.1, -0.05) is 46.4 Å². The molecule has 0 aliphatic heterocycles. The molecule has 0 aromatic rings. The van der Waals surface area contributed by atoms with Crippen LogP contribution < -0.4 is 0 Å². The van der Waals surface area contributed by atoms with Crippen LogP contribution in [0, 0.1) is 0 Å². The van der Waals surface area contributed by atoms with Gasteiger partial charge in [0, 0.05) is 0 Å². The van der Waals surface area contributed by atoms with Gasteiger partial charge in [0.2, 0.25) is 0 Å².